The van der Waals surface area contributed by atoms with Gasteiger partial charge in [0.1, 0.15) is 12.4 Å². The second kappa shape index (κ2) is 7.18. The molecule has 4 nitrogen and oxygen atoms in total. The molecular formula is C18H21NO3. The van der Waals surface area contributed by atoms with Crippen LogP contribution in [0, 0.1) is 0 Å². The largest absolute Gasteiger partial charge is 0.488 e. The van der Waals surface area contributed by atoms with Crippen LogP contribution in [0.3, 0.4) is 0 Å². The Kier molecular flexibility index (Phi) is 4.81. The molecule has 0 fully saturated rings. The molecule has 0 aliphatic carbocycles. The van der Waals surface area contributed by atoms with Crippen molar-refractivity contribution >= 4 is 0 Å². The van der Waals surface area contributed by atoms with Crippen LogP contribution in [0.15, 0.2) is 42.5 Å². The van der Waals surface area contributed by atoms with Crippen molar-refractivity contribution in [3.8, 4) is 17.2 Å². The SMILES string of the molecule is CCCNCc1cc2c(cc1OCc1ccccc1)OCO2. The van der Waals surface area contributed by atoms with E-state index in [1.165, 1.54) is 0 Å². The van der Waals surface area contributed by atoms with Gasteiger partial charge in [0.15, 0.2) is 11.5 Å². The first-order valence-corrected chi connectivity index (χ1v) is 7.67. The summed E-state index contributed by atoms with van der Waals surface area (Å²) in [7, 11) is 0. The van der Waals surface area contributed by atoms with Gasteiger partial charge < -0.3 is 19.5 Å². The molecule has 0 bridgehead atoms. The van der Waals surface area contributed by atoms with Crippen LogP contribution in [0.25, 0.3) is 0 Å². The van der Waals surface area contributed by atoms with Crippen LogP contribution in [0.5, 0.6) is 17.2 Å². The molecule has 116 valence electrons. The number of hydrogen-bond acceptors (Lipinski definition) is 4. The van der Waals surface area contributed by atoms with Crippen LogP contribution in [0.1, 0.15) is 24.5 Å². The third-order valence-corrected chi connectivity index (χ3v) is 3.54. The number of fused-ring (bicyclic) bond motifs is 1. The molecule has 1 N–H and O–H groups in total. The number of rotatable bonds is 7. The highest BCUT2D eigenvalue weighted by Crippen LogP contribution is 2.38. The number of benzene rings is 2. The summed E-state index contributed by atoms with van der Waals surface area (Å²) in [5, 5.41) is 3.40. The van der Waals surface area contributed by atoms with Crippen LogP contribution in [0.2, 0.25) is 0 Å². The Labute approximate surface area is 131 Å². The Bertz CT molecular complexity index is 613. The summed E-state index contributed by atoms with van der Waals surface area (Å²) < 4.78 is 16.9. The highest BCUT2D eigenvalue weighted by atomic mass is 16.7. The normalized spacial score (nSPS) is 12.4. The van der Waals surface area contributed by atoms with E-state index >= 15 is 0 Å². The summed E-state index contributed by atoms with van der Waals surface area (Å²) in [4.78, 5) is 0. The Balaban J connectivity index is 1.75. The minimum absolute atomic E-state index is 0.277. The maximum absolute atomic E-state index is 6.00. The molecular weight excluding hydrogens is 278 g/mol. The van der Waals surface area contributed by atoms with Gasteiger partial charge in [0.25, 0.3) is 0 Å². The monoisotopic (exact) mass is 299 g/mol. The van der Waals surface area contributed by atoms with Gasteiger partial charge in [-0.05, 0) is 24.6 Å². The molecule has 1 heterocycles. The van der Waals surface area contributed by atoms with Crippen molar-refractivity contribution in [2.45, 2.75) is 26.5 Å². The van der Waals surface area contributed by atoms with Crippen LogP contribution < -0.4 is 19.5 Å². The second-order valence-electron chi connectivity index (χ2n) is 5.26. The predicted molar refractivity (Wildman–Crippen MR) is 85.3 cm³/mol. The van der Waals surface area contributed by atoms with Crippen LogP contribution in [0.4, 0.5) is 0 Å². The molecule has 0 saturated heterocycles. The molecule has 1 aliphatic heterocycles. The van der Waals surface area contributed by atoms with Crippen LogP contribution >= 0.6 is 0 Å². The average Bonchev–Trinajstić information content (AvgIpc) is 3.01. The third-order valence-electron chi connectivity index (χ3n) is 3.54. The summed E-state index contributed by atoms with van der Waals surface area (Å²) in [5.41, 5.74) is 2.24. The Morgan fingerprint density at radius 3 is 2.64 bits per heavy atom. The van der Waals surface area contributed by atoms with Gasteiger partial charge in [-0.15, -0.1) is 0 Å². The lowest BCUT2D eigenvalue weighted by Gasteiger charge is -2.13. The van der Waals surface area contributed by atoms with Crippen molar-refractivity contribution in [3.63, 3.8) is 0 Å². The maximum atomic E-state index is 6.00. The topological polar surface area (TPSA) is 39.7 Å². The van der Waals surface area contributed by atoms with Gasteiger partial charge in [-0.2, -0.15) is 0 Å². The Morgan fingerprint density at radius 1 is 1.09 bits per heavy atom. The van der Waals surface area contributed by atoms with E-state index < -0.39 is 0 Å². The zero-order valence-corrected chi connectivity index (χ0v) is 12.8. The molecule has 0 saturated carbocycles. The van der Waals surface area contributed by atoms with Crippen molar-refractivity contribution in [1.82, 2.24) is 5.32 Å². The molecule has 22 heavy (non-hydrogen) atoms. The first-order valence-electron chi connectivity index (χ1n) is 7.67. The standard InChI is InChI=1S/C18H21NO3/c1-2-8-19-11-15-9-17-18(22-13-21-17)10-16(15)20-12-14-6-4-3-5-7-14/h3-7,9-10,19H,2,8,11-13H2,1H3. The smallest absolute Gasteiger partial charge is 0.231 e. The molecule has 0 unspecified atom stereocenters. The Morgan fingerprint density at radius 2 is 1.86 bits per heavy atom. The minimum Gasteiger partial charge on any atom is -0.488 e. The second-order valence-corrected chi connectivity index (χ2v) is 5.26. The third kappa shape index (κ3) is 3.52. The molecule has 2 aromatic rings. The first-order chi connectivity index (χ1) is 10.9. The summed E-state index contributed by atoms with van der Waals surface area (Å²) in [6.07, 6.45) is 1.10. The predicted octanol–water partition coefficient (Wildman–Crippen LogP) is 3.49. The van der Waals surface area contributed by atoms with Crippen molar-refractivity contribution in [2.75, 3.05) is 13.3 Å². The van der Waals surface area contributed by atoms with E-state index in [2.05, 4.69) is 24.4 Å². The van der Waals surface area contributed by atoms with E-state index in [0.29, 0.717) is 6.61 Å². The lowest BCUT2D eigenvalue weighted by molar-refractivity contribution is 0.173. The summed E-state index contributed by atoms with van der Waals surface area (Å²) in [5.74, 6) is 2.39. The lowest BCUT2D eigenvalue weighted by Crippen LogP contribution is -2.14. The first kappa shape index (κ1) is 14.7. The quantitative estimate of drug-likeness (QED) is 0.794. The van der Waals surface area contributed by atoms with Crippen molar-refractivity contribution in [1.29, 1.82) is 0 Å². The zero-order chi connectivity index (χ0) is 15.2. The van der Waals surface area contributed by atoms with E-state index in [1.807, 2.05) is 30.3 Å². The average molecular weight is 299 g/mol. The van der Waals surface area contributed by atoms with Crippen LogP contribution in [-0.4, -0.2) is 13.3 Å². The number of hydrogen-bond donors (Lipinski definition) is 1. The van der Waals surface area contributed by atoms with Crippen LogP contribution in [-0.2, 0) is 13.2 Å². The molecule has 4 heteroatoms. The van der Waals surface area contributed by atoms with E-state index in [1.54, 1.807) is 0 Å². The van der Waals surface area contributed by atoms with Crippen molar-refractivity contribution < 1.29 is 14.2 Å². The fourth-order valence-electron chi connectivity index (χ4n) is 2.37. The zero-order valence-electron chi connectivity index (χ0n) is 12.8. The maximum Gasteiger partial charge on any atom is 0.231 e. The van der Waals surface area contributed by atoms with E-state index in [9.17, 15) is 0 Å². The van der Waals surface area contributed by atoms with Gasteiger partial charge in [-0.1, -0.05) is 37.3 Å². The molecule has 0 radical (unpaired) electrons. The van der Waals surface area contributed by atoms with E-state index in [-0.39, 0.29) is 6.79 Å². The van der Waals surface area contributed by atoms with E-state index in [0.717, 1.165) is 47.9 Å². The minimum atomic E-state index is 0.277. The highest BCUT2D eigenvalue weighted by Gasteiger charge is 2.18. The number of ether oxygens (including phenoxy) is 3. The van der Waals surface area contributed by atoms with Gasteiger partial charge >= 0.3 is 0 Å². The molecule has 3 rings (SSSR count). The highest BCUT2D eigenvalue weighted by molar-refractivity contribution is 5.51. The fourth-order valence-corrected chi connectivity index (χ4v) is 2.37. The molecule has 0 aromatic heterocycles. The van der Waals surface area contributed by atoms with Gasteiger partial charge in [-0.25, -0.2) is 0 Å². The van der Waals surface area contributed by atoms with E-state index in [4.69, 9.17) is 14.2 Å². The van der Waals surface area contributed by atoms with Gasteiger partial charge in [-0.3, -0.25) is 0 Å². The van der Waals surface area contributed by atoms with Crippen molar-refractivity contribution in [2.24, 2.45) is 0 Å². The molecule has 0 amide bonds. The summed E-state index contributed by atoms with van der Waals surface area (Å²) >= 11 is 0. The van der Waals surface area contributed by atoms with Crippen molar-refractivity contribution in [3.05, 3.63) is 53.6 Å². The molecule has 1 aliphatic rings. The molecule has 0 atom stereocenters. The van der Waals surface area contributed by atoms with Gasteiger partial charge in [0, 0.05) is 18.2 Å². The molecule has 0 spiro atoms. The summed E-state index contributed by atoms with van der Waals surface area (Å²) in [6.45, 7) is 4.71. The van der Waals surface area contributed by atoms with Gasteiger partial charge in [0.2, 0.25) is 6.79 Å². The molecule has 2 aromatic carbocycles. The number of nitrogens with one attached hydrogen (secondary N) is 1. The summed E-state index contributed by atoms with van der Waals surface area (Å²) in [6, 6.07) is 14.1. The Hall–Kier alpha value is -2.20. The fraction of sp³-hybridized carbons (Fsp3) is 0.333. The lowest BCUT2D eigenvalue weighted by atomic mass is 10.1. The van der Waals surface area contributed by atoms with Gasteiger partial charge in [0.05, 0.1) is 0 Å².